The van der Waals surface area contributed by atoms with Crippen molar-refractivity contribution in [1.82, 2.24) is 20.0 Å². The summed E-state index contributed by atoms with van der Waals surface area (Å²) in [5.41, 5.74) is 2.75. The normalized spacial score (nSPS) is 16.7. The van der Waals surface area contributed by atoms with E-state index in [2.05, 4.69) is 26.1 Å². The molecule has 2 aromatic carbocycles. The Morgan fingerprint density at radius 2 is 1.88 bits per heavy atom. The van der Waals surface area contributed by atoms with Gasteiger partial charge in [0, 0.05) is 24.1 Å². The van der Waals surface area contributed by atoms with Crippen molar-refractivity contribution in [3.8, 4) is 17.2 Å². The fraction of sp³-hybridized carbons (Fsp3) is 0.414. The van der Waals surface area contributed by atoms with Crippen LogP contribution in [0.4, 0.5) is 10.2 Å². The van der Waals surface area contributed by atoms with Gasteiger partial charge >= 0.3 is 0 Å². The highest BCUT2D eigenvalue weighted by atomic mass is 32.2. The van der Waals surface area contributed by atoms with Gasteiger partial charge in [0.05, 0.1) is 22.4 Å². The lowest BCUT2D eigenvalue weighted by Crippen LogP contribution is -2.43. The van der Waals surface area contributed by atoms with Gasteiger partial charge in [-0.3, -0.25) is 14.5 Å². The lowest BCUT2D eigenvalue weighted by molar-refractivity contribution is -0.122. The van der Waals surface area contributed by atoms with Crippen molar-refractivity contribution in [1.29, 1.82) is 0 Å². The van der Waals surface area contributed by atoms with Crippen molar-refractivity contribution in [2.75, 3.05) is 51.2 Å². The maximum absolute atomic E-state index is 13.9. The van der Waals surface area contributed by atoms with E-state index < -0.39 is 5.41 Å². The van der Waals surface area contributed by atoms with Crippen LogP contribution in [-0.2, 0) is 15.0 Å². The van der Waals surface area contributed by atoms with Gasteiger partial charge in [0.2, 0.25) is 18.6 Å². The van der Waals surface area contributed by atoms with Crippen molar-refractivity contribution in [3.05, 3.63) is 65.1 Å². The summed E-state index contributed by atoms with van der Waals surface area (Å²) in [4.78, 5) is 30.3. The first kappa shape index (κ1) is 28.0. The van der Waals surface area contributed by atoms with Crippen LogP contribution in [0.2, 0.25) is 0 Å². The molecule has 5 rings (SSSR count). The van der Waals surface area contributed by atoms with Gasteiger partial charge in [-0.1, -0.05) is 26.8 Å². The Bertz CT molecular complexity index is 1420. The number of halogens is 1. The molecule has 3 heterocycles. The van der Waals surface area contributed by atoms with Crippen LogP contribution in [0.25, 0.3) is 5.69 Å². The van der Waals surface area contributed by atoms with E-state index in [4.69, 9.17) is 14.6 Å². The number of nitrogens with one attached hydrogen (secondary N) is 1. The van der Waals surface area contributed by atoms with Crippen LogP contribution in [0, 0.1) is 5.82 Å². The van der Waals surface area contributed by atoms with E-state index in [1.54, 1.807) is 16.8 Å². The van der Waals surface area contributed by atoms with E-state index in [1.165, 1.54) is 28.8 Å². The molecule has 1 aromatic heterocycles. The van der Waals surface area contributed by atoms with Crippen molar-refractivity contribution in [2.24, 2.45) is 0 Å². The fourth-order valence-electron chi connectivity index (χ4n) is 4.79. The van der Waals surface area contributed by atoms with Gasteiger partial charge in [-0.25, -0.2) is 9.07 Å². The molecule has 0 bridgehead atoms. The molecular formula is C29H34FN5O4S. The second-order valence-corrected chi connectivity index (χ2v) is 12.3. The number of likely N-dealkylation sites (N-methyl/N-ethyl adjacent to an activating group) is 1. The molecule has 40 heavy (non-hydrogen) atoms. The third-order valence-corrected chi connectivity index (χ3v) is 8.01. The monoisotopic (exact) mass is 567 g/mol. The standard InChI is InChI=1S/C29H34FN5O4S/c1-29(2,3)27-25-26(18-6-11-21-22(14-18)39-17-38-21)40-16-24(37)34(15-23(36)31-12-13-33(4)5)28(25)35(32-27)20-9-7-19(30)8-10-20/h6-11,14,26H,12-13,15-17H2,1-5H3,(H,31,36). The van der Waals surface area contributed by atoms with Crippen LogP contribution in [0.1, 0.15) is 42.8 Å². The topological polar surface area (TPSA) is 88.9 Å². The van der Waals surface area contributed by atoms with Crippen molar-refractivity contribution >= 4 is 29.4 Å². The van der Waals surface area contributed by atoms with Gasteiger partial charge in [0.1, 0.15) is 18.2 Å². The number of fused-ring (bicyclic) bond motifs is 2. The highest BCUT2D eigenvalue weighted by Gasteiger charge is 2.40. The Hall–Kier alpha value is -3.57. The summed E-state index contributed by atoms with van der Waals surface area (Å²) in [7, 11) is 3.86. The molecule has 3 aromatic rings. The minimum atomic E-state index is -0.405. The molecule has 0 saturated heterocycles. The molecule has 0 spiro atoms. The largest absolute Gasteiger partial charge is 0.454 e. The molecule has 2 aliphatic heterocycles. The summed E-state index contributed by atoms with van der Waals surface area (Å²) in [6, 6.07) is 11.8. The molecule has 212 valence electrons. The van der Waals surface area contributed by atoms with Gasteiger partial charge in [-0.15, -0.1) is 11.8 Å². The van der Waals surface area contributed by atoms with E-state index in [0.29, 0.717) is 36.1 Å². The molecule has 2 amide bonds. The average molecular weight is 568 g/mol. The number of benzene rings is 2. The summed E-state index contributed by atoms with van der Waals surface area (Å²) in [5, 5.41) is 7.66. The number of thioether (sulfide) groups is 1. The number of anilines is 1. The first-order valence-electron chi connectivity index (χ1n) is 13.1. The maximum Gasteiger partial charge on any atom is 0.240 e. The number of ether oxygens (including phenoxy) is 2. The van der Waals surface area contributed by atoms with Crippen LogP contribution < -0.4 is 19.7 Å². The average Bonchev–Trinajstić information content (AvgIpc) is 3.49. The Kier molecular flexibility index (Phi) is 7.78. The quantitative estimate of drug-likeness (QED) is 0.464. The zero-order valence-electron chi connectivity index (χ0n) is 23.4. The SMILES string of the molecule is CN(C)CCNC(=O)CN1C(=O)CSC(c2ccc3c(c2)OCO3)c2c(C(C)(C)C)nn(-c3ccc(F)cc3)c21. The highest BCUT2D eigenvalue weighted by molar-refractivity contribution is 8.00. The van der Waals surface area contributed by atoms with E-state index in [9.17, 15) is 14.0 Å². The molecule has 0 aliphatic carbocycles. The molecule has 0 fully saturated rings. The van der Waals surface area contributed by atoms with Gasteiger partial charge in [-0.05, 0) is 56.1 Å². The van der Waals surface area contributed by atoms with Crippen LogP contribution >= 0.6 is 11.8 Å². The summed E-state index contributed by atoms with van der Waals surface area (Å²) in [6.07, 6.45) is 0. The van der Waals surface area contributed by atoms with Crippen LogP contribution in [0.15, 0.2) is 42.5 Å². The molecule has 1 atom stereocenters. The molecule has 2 aliphatic rings. The second-order valence-electron chi connectivity index (χ2n) is 11.2. The number of amides is 2. The van der Waals surface area contributed by atoms with E-state index in [1.807, 2.05) is 37.2 Å². The molecule has 1 N–H and O–H groups in total. The number of carbonyl (C=O) groups excluding carboxylic acids is 2. The molecule has 11 heteroatoms. The lowest BCUT2D eigenvalue weighted by atomic mass is 9.87. The van der Waals surface area contributed by atoms with Crippen LogP contribution in [0.5, 0.6) is 11.5 Å². The first-order valence-corrected chi connectivity index (χ1v) is 14.2. The molecule has 1 unspecified atom stereocenters. The minimum absolute atomic E-state index is 0.158. The van der Waals surface area contributed by atoms with Crippen molar-refractivity contribution < 1.29 is 23.5 Å². The van der Waals surface area contributed by atoms with Gasteiger partial charge < -0.3 is 19.7 Å². The predicted molar refractivity (Wildman–Crippen MR) is 153 cm³/mol. The van der Waals surface area contributed by atoms with E-state index in [-0.39, 0.29) is 42.0 Å². The molecule has 0 radical (unpaired) electrons. The lowest BCUT2D eigenvalue weighted by Gasteiger charge is -2.24. The Morgan fingerprint density at radius 3 is 2.58 bits per heavy atom. The van der Waals surface area contributed by atoms with E-state index >= 15 is 0 Å². The minimum Gasteiger partial charge on any atom is -0.454 e. The number of carbonyl (C=O) groups is 2. The third kappa shape index (κ3) is 5.66. The summed E-state index contributed by atoms with van der Waals surface area (Å²) >= 11 is 1.49. The Balaban J connectivity index is 1.68. The number of nitrogens with zero attached hydrogens (tertiary/aromatic N) is 4. The van der Waals surface area contributed by atoms with Gasteiger partial charge in [0.15, 0.2) is 11.5 Å². The van der Waals surface area contributed by atoms with Crippen molar-refractivity contribution in [2.45, 2.75) is 31.4 Å². The van der Waals surface area contributed by atoms with Crippen LogP contribution in [0.3, 0.4) is 0 Å². The summed E-state index contributed by atoms with van der Waals surface area (Å²) in [5.74, 6) is 1.14. The van der Waals surface area contributed by atoms with Gasteiger partial charge in [0.25, 0.3) is 0 Å². The molecule has 9 nitrogen and oxygen atoms in total. The smallest absolute Gasteiger partial charge is 0.240 e. The fourth-order valence-corrected chi connectivity index (χ4v) is 5.98. The predicted octanol–water partition coefficient (Wildman–Crippen LogP) is 3.88. The number of hydrogen-bond acceptors (Lipinski definition) is 7. The van der Waals surface area contributed by atoms with Gasteiger partial charge in [-0.2, -0.15) is 5.10 Å². The molecular weight excluding hydrogens is 533 g/mol. The molecule has 0 saturated carbocycles. The first-order chi connectivity index (χ1) is 19.0. The number of rotatable bonds is 7. The number of aromatic nitrogens is 2. The van der Waals surface area contributed by atoms with Crippen LogP contribution in [-0.4, -0.2) is 72.8 Å². The highest BCUT2D eigenvalue weighted by Crippen LogP contribution is 2.49. The zero-order valence-corrected chi connectivity index (χ0v) is 24.2. The Morgan fingerprint density at radius 1 is 1.15 bits per heavy atom. The second kappa shape index (κ2) is 11.1. The Labute approximate surface area is 237 Å². The zero-order chi connectivity index (χ0) is 28.6. The van der Waals surface area contributed by atoms with E-state index in [0.717, 1.165) is 16.8 Å². The number of hydrogen-bond donors (Lipinski definition) is 1. The van der Waals surface area contributed by atoms with Crippen molar-refractivity contribution in [3.63, 3.8) is 0 Å². The third-order valence-electron chi connectivity index (χ3n) is 6.75. The summed E-state index contributed by atoms with van der Waals surface area (Å²) < 4.78 is 26.8. The maximum atomic E-state index is 13.9. The summed E-state index contributed by atoms with van der Waals surface area (Å²) in [6.45, 7) is 7.33.